The average molecular weight is 653 g/mol. The molecule has 2 rings (SSSR count). The highest BCUT2D eigenvalue weighted by Crippen LogP contribution is 2.17. The molecule has 0 N–H and O–H groups in total. The molecule has 0 bridgehead atoms. The number of hydrogen-bond donors (Lipinski definition) is 0. The summed E-state index contributed by atoms with van der Waals surface area (Å²) in [6, 6.07) is 8.41. The maximum Gasteiger partial charge on any atom is 0.113 e. The van der Waals surface area contributed by atoms with Crippen LogP contribution >= 0.6 is 0 Å². The Kier molecular flexibility index (Phi) is 28.3. The van der Waals surface area contributed by atoms with Crippen molar-refractivity contribution in [2.24, 2.45) is 0 Å². The van der Waals surface area contributed by atoms with Gasteiger partial charge in [0.2, 0.25) is 0 Å². The van der Waals surface area contributed by atoms with Gasteiger partial charge >= 0.3 is 0 Å². The average Bonchev–Trinajstić information content (AvgIpc) is 3.50. The summed E-state index contributed by atoms with van der Waals surface area (Å²) in [5.74, 6) is 0. The molecule has 0 unspecified atom stereocenters. The van der Waals surface area contributed by atoms with Gasteiger partial charge in [-0.2, -0.15) is 0 Å². The van der Waals surface area contributed by atoms with Crippen LogP contribution < -0.4 is 0 Å². The second kappa shape index (κ2) is 31.8. The summed E-state index contributed by atoms with van der Waals surface area (Å²) in [7, 11) is 0. The largest absolute Gasteiger partial charge is 0.284 e. The Morgan fingerprint density at radius 3 is 1.11 bits per heavy atom. The molecule has 0 aliphatic rings. The van der Waals surface area contributed by atoms with Crippen molar-refractivity contribution in [3.05, 3.63) is 24.3 Å². The van der Waals surface area contributed by atoms with Gasteiger partial charge in [-0.05, 0) is 38.1 Å². The molecule has 47 heavy (non-hydrogen) atoms. The van der Waals surface area contributed by atoms with Gasteiger partial charge in [0.1, 0.15) is 5.52 Å². The fourth-order valence-corrected chi connectivity index (χ4v) is 7.23. The van der Waals surface area contributed by atoms with Gasteiger partial charge in [0.25, 0.3) is 0 Å². The molecule has 0 amide bonds. The molecule has 0 spiro atoms. The van der Waals surface area contributed by atoms with Crippen molar-refractivity contribution < 1.29 is 0 Å². The molecule has 0 aliphatic heterocycles. The Hall–Kier alpha value is -1.42. The quantitative estimate of drug-likeness (QED) is 0.0687. The standard InChI is InChI=1S/C43H80N4/c1-3-5-7-9-11-13-15-17-19-21-23-25-27-29-31-35-39-46(41-47-43-38-34-33-37-42(43)44-45-47)40-36-32-30-28-26-24-22-20-18-16-14-12-10-8-6-4-2/h33-34,37-38H,3-32,35-36,39-41H2,1-2H3. The molecule has 0 radical (unpaired) electrons. The van der Waals surface area contributed by atoms with Crippen molar-refractivity contribution in [1.82, 2.24) is 19.9 Å². The van der Waals surface area contributed by atoms with Crippen LogP contribution in [-0.4, -0.2) is 33.0 Å². The predicted octanol–water partition coefficient (Wildman–Crippen LogP) is 14.2. The molecule has 0 fully saturated rings. The molecule has 4 heteroatoms. The van der Waals surface area contributed by atoms with E-state index in [-0.39, 0.29) is 0 Å². The van der Waals surface area contributed by atoms with Gasteiger partial charge in [0.15, 0.2) is 0 Å². The molecule has 0 saturated heterocycles. The zero-order chi connectivity index (χ0) is 33.3. The minimum Gasteiger partial charge on any atom is -0.284 e. The third-order valence-electron chi connectivity index (χ3n) is 10.4. The Bertz CT molecular complexity index is 872. The SMILES string of the molecule is CCCCCCCCCCCCCCCCCCN(CCCCCCCCCCCCCCCCCC)Cn1nnc2ccccc21. The van der Waals surface area contributed by atoms with Crippen molar-refractivity contribution in [2.45, 2.75) is 226 Å². The topological polar surface area (TPSA) is 34.0 Å². The van der Waals surface area contributed by atoms with E-state index in [1.54, 1.807) is 0 Å². The molecule has 0 saturated carbocycles. The Morgan fingerprint density at radius 1 is 0.426 bits per heavy atom. The number of para-hydroxylation sites is 1. The first-order valence-electron chi connectivity index (χ1n) is 21.4. The van der Waals surface area contributed by atoms with Crippen molar-refractivity contribution in [3.63, 3.8) is 0 Å². The highest BCUT2D eigenvalue weighted by Gasteiger charge is 2.10. The second-order valence-corrected chi connectivity index (χ2v) is 14.9. The number of unbranched alkanes of at least 4 members (excludes halogenated alkanes) is 30. The number of rotatable bonds is 36. The monoisotopic (exact) mass is 653 g/mol. The van der Waals surface area contributed by atoms with E-state index >= 15 is 0 Å². The zero-order valence-electron chi connectivity index (χ0n) is 31.8. The van der Waals surface area contributed by atoms with Crippen LogP contribution in [-0.2, 0) is 6.67 Å². The first-order valence-corrected chi connectivity index (χ1v) is 21.4. The normalized spacial score (nSPS) is 11.8. The lowest BCUT2D eigenvalue weighted by atomic mass is 10.0. The summed E-state index contributed by atoms with van der Waals surface area (Å²) in [5, 5.41) is 8.93. The molecule has 1 aromatic carbocycles. The number of benzene rings is 1. The molecule has 272 valence electrons. The molecule has 4 nitrogen and oxygen atoms in total. The number of aromatic nitrogens is 3. The molecule has 1 heterocycles. The van der Waals surface area contributed by atoms with Crippen molar-refractivity contribution >= 4 is 11.0 Å². The Labute approximate surface area is 293 Å². The van der Waals surface area contributed by atoms with Gasteiger partial charge in [-0.15, -0.1) is 5.10 Å². The Balaban J connectivity index is 1.49. The summed E-state index contributed by atoms with van der Waals surface area (Å²) in [6.07, 6.45) is 45.7. The minimum atomic E-state index is 0.873. The van der Waals surface area contributed by atoms with Crippen LogP contribution in [0.2, 0.25) is 0 Å². The smallest absolute Gasteiger partial charge is 0.113 e. The first-order chi connectivity index (χ1) is 23.3. The fourth-order valence-electron chi connectivity index (χ4n) is 7.23. The van der Waals surface area contributed by atoms with Gasteiger partial charge in [-0.25, -0.2) is 4.68 Å². The third-order valence-corrected chi connectivity index (χ3v) is 10.4. The van der Waals surface area contributed by atoms with E-state index in [1.807, 2.05) is 0 Å². The van der Waals surface area contributed by atoms with Gasteiger partial charge in [0.05, 0.1) is 12.2 Å². The van der Waals surface area contributed by atoms with Crippen LogP contribution in [0, 0.1) is 0 Å². The van der Waals surface area contributed by atoms with Crippen molar-refractivity contribution in [2.75, 3.05) is 13.1 Å². The third kappa shape index (κ3) is 23.6. The molecule has 2 aromatic rings. The lowest BCUT2D eigenvalue weighted by Crippen LogP contribution is -2.29. The van der Waals surface area contributed by atoms with E-state index in [0.29, 0.717) is 0 Å². The van der Waals surface area contributed by atoms with Crippen LogP contribution in [0.25, 0.3) is 11.0 Å². The maximum atomic E-state index is 4.51. The van der Waals surface area contributed by atoms with Crippen LogP contribution in [0.15, 0.2) is 24.3 Å². The van der Waals surface area contributed by atoms with Crippen LogP contribution in [0.4, 0.5) is 0 Å². The molecular weight excluding hydrogens is 573 g/mol. The summed E-state index contributed by atoms with van der Waals surface area (Å²) in [6.45, 7) is 7.86. The summed E-state index contributed by atoms with van der Waals surface area (Å²) >= 11 is 0. The summed E-state index contributed by atoms with van der Waals surface area (Å²) < 4.78 is 2.12. The number of hydrogen-bond acceptors (Lipinski definition) is 3. The van der Waals surface area contributed by atoms with Gasteiger partial charge in [0, 0.05) is 0 Å². The van der Waals surface area contributed by atoms with Crippen LogP contribution in [0.1, 0.15) is 219 Å². The highest BCUT2D eigenvalue weighted by molar-refractivity contribution is 5.73. The van der Waals surface area contributed by atoms with Gasteiger partial charge in [-0.3, -0.25) is 4.90 Å². The first kappa shape index (κ1) is 41.7. The van der Waals surface area contributed by atoms with E-state index in [9.17, 15) is 0 Å². The van der Waals surface area contributed by atoms with E-state index < -0.39 is 0 Å². The van der Waals surface area contributed by atoms with E-state index in [2.05, 4.69) is 58.0 Å². The zero-order valence-corrected chi connectivity index (χ0v) is 31.8. The van der Waals surface area contributed by atoms with Crippen molar-refractivity contribution in [1.29, 1.82) is 0 Å². The summed E-state index contributed by atoms with van der Waals surface area (Å²) in [4.78, 5) is 2.65. The van der Waals surface area contributed by atoms with Gasteiger partial charge < -0.3 is 0 Å². The van der Waals surface area contributed by atoms with Crippen LogP contribution in [0.5, 0.6) is 0 Å². The fraction of sp³-hybridized carbons (Fsp3) is 0.860. The van der Waals surface area contributed by atoms with E-state index in [0.717, 1.165) is 17.7 Å². The van der Waals surface area contributed by atoms with Gasteiger partial charge in [-0.1, -0.05) is 224 Å². The molecule has 0 aliphatic carbocycles. The highest BCUT2D eigenvalue weighted by atomic mass is 15.5. The second-order valence-electron chi connectivity index (χ2n) is 14.9. The number of fused-ring (bicyclic) bond motifs is 1. The molecule has 1 aromatic heterocycles. The maximum absolute atomic E-state index is 4.51. The van der Waals surface area contributed by atoms with E-state index in [1.165, 1.54) is 219 Å². The molecular formula is C43H80N4. The summed E-state index contributed by atoms with van der Waals surface area (Å²) in [5.41, 5.74) is 2.17. The number of nitrogens with zero attached hydrogens (tertiary/aromatic N) is 4. The lowest BCUT2D eigenvalue weighted by molar-refractivity contribution is 0.199. The predicted molar refractivity (Wildman–Crippen MR) is 208 cm³/mol. The molecule has 0 atom stereocenters. The Morgan fingerprint density at radius 2 is 0.745 bits per heavy atom. The lowest BCUT2D eigenvalue weighted by Gasteiger charge is -2.22. The van der Waals surface area contributed by atoms with E-state index in [4.69, 9.17) is 0 Å². The van der Waals surface area contributed by atoms with Crippen LogP contribution in [0.3, 0.4) is 0 Å². The van der Waals surface area contributed by atoms with Crippen molar-refractivity contribution in [3.8, 4) is 0 Å². The minimum absolute atomic E-state index is 0.873.